The predicted octanol–water partition coefficient (Wildman–Crippen LogP) is 2.76. The maximum atomic E-state index is 10.8. The largest absolute Gasteiger partial charge is 0.381 e. The number of nitrogens with zero attached hydrogens (tertiary/aromatic N) is 1. The van der Waals surface area contributed by atoms with Crippen LogP contribution in [0, 0.1) is 16.0 Å². The van der Waals surface area contributed by atoms with E-state index in [0.717, 1.165) is 38.2 Å². The van der Waals surface area contributed by atoms with Crippen LogP contribution in [-0.2, 0) is 11.3 Å². The summed E-state index contributed by atoms with van der Waals surface area (Å²) in [5.74, 6) is 0.635. The third kappa shape index (κ3) is 4.16. The molecule has 1 saturated heterocycles. The first kappa shape index (κ1) is 14.2. The molecule has 0 radical (unpaired) electrons. The summed E-state index contributed by atoms with van der Waals surface area (Å²) >= 11 is 5.77. The topological polar surface area (TPSA) is 64.4 Å². The Morgan fingerprint density at radius 1 is 1.42 bits per heavy atom. The lowest BCUT2D eigenvalue weighted by atomic mass is 10.0. The van der Waals surface area contributed by atoms with Crippen molar-refractivity contribution in [2.24, 2.45) is 5.92 Å². The van der Waals surface area contributed by atoms with Gasteiger partial charge in [0.15, 0.2) is 0 Å². The Morgan fingerprint density at radius 2 is 2.16 bits per heavy atom. The van der Waals surface area contributed by atoms with Crippen LogP contribution >= 0.6 is 11.6 Å². The maximum absolute atomic E-state index is 10.8. The minimum absolute atomic E-state index is 0.0352. The molecule has 0 aliphatic carbocycles. The average molecular weight is 285 g/mol. The van der Waals surface area contributed by atoms with Crippen LogP contribution in [0.5, 0.6) is 0 Å². The molecular weight excluding hydrogens is 268 g/mol. The average Bonchev–Trinajstić information content (AvgIpc) is 2.41. The highest BCUT2D eigenvalue weighted by Gasteiger charge is 2.14. The molecule has 0 amide bonds. The van der Waals surface area contributed by atoms with Gasteiger partial charge in [0.05, 0.1) is 4.92 Å². The van der Waals surface area contributed by atoms with E-state index >= 15 is 0 Å². The van der Waals surface area contributed by atoms with Crippen molar-refractivity contribution in [2.45, 2.75) is 19.4 Å². The molecule has 19 heavy (non-hydrogen) atoms. The SMILES string of the molecule is O=[N+]([O-])c1cc(CNCC2CCOCC2)ccc1Cl. The number of nitrogens with one attached hydrogen (secondary N) is 1. The van der Waals surface area contributed by atoms with Gasteiger partial charge < -0.3 is 10.1 Å². The van der Waals surface area contributed by atoms with Crippen molar-refractivity contribution in [3.63, 3.8) is 0 Å². The van der Waals surface area contributed by atoms with Crippen LogP contribution in [-0.4, -0.2) is 24.7 Å². The van der Waals surface area contributed by atoms with Gasteiger partial charge in [0.1, 0.15) is 5.02 Å². The van der Waals surface area contributed by atoms with Gasteiger partial charge in [-0.1, -0.05) is 17.7 Å². The van der Waals surface area contributed by atoms with Gasteiger partial charge in [0.2, 0.25) is 0 Å². The molecule has 0 atom stereocenters. The van der Waals surface area contributed by atoms with E-state index in [1.807, 2.05) is 6.07 Å². The van der Waals surface area contributed by atoms with Crippen LogP contribution in [0.15, 0.2) is 18.2 Å². The van der Waals surface area contributed by atoms with E-state index in [9.17, 15) is 10.1 Å². The zero-order valence-corrected chi connectivity index (χ0v) is 11.4. The molecule has 1 aromatic rings. The Bertz CT molecular complexity index is 448. The molecule has 2 rings (SSSR count). The molecule has 1 fully saturated rings. The summed E-state index contributed by atoms with van der Waals surface area (Å²) in [6.45, 7) is 3.20. The first-order valence-electron chi connectivity index (χ1n) is 6.38. The molecule has 0 unspecified atom stereocenters. The third-order valence-electron chi connectivity index (χ3n) is 3.31. The zero-order chi connectivity index (χ0) is 13.7. The van der Waals surface area contributed by atoms with Gasteiger partial charge in [-0.25, -0.2) is 0 Å². The number of ether oxygens (including phenoxy) is 1. The highest BCUT2D eigenvalue weighted by Crippen LogP contribution is 2.25. The smallest absolute Gasteiger partial charge is 0.288 e. The second-order valence-electron chi connectivity index (χ2n) is 4.73. The van der Waals surface area contributed by atoms with Crippen LogP contribution in [0.25, 0.3) is 0 Å². The third-order valence-corrected chi connectivity index (χ3v) is 3.63. The fourth-order valence-corrected chi connectivity index (χ4v) is 2.37. The number of halogens is 1. The molecule has 0 saturated carbocycles. The van der Waals surface area contributed by atoms with Crippen LogP contribution in [0.2, 0.25) is 5.02 Å². The summed E-state index contributed by atoms with van der Waals surface area (Å²) in [6.07, 6.45) is 2.15. The van der Waals surface area contributed by atoms with Gasteiger partial charge in [-0.15, -0.1) is 0 Å². The molecule has 6 heteroatoms. The van der Waals surface area contributed by atoms with Gasteiger partial charge >= 0.3 is 0 Å². The van der Waals surface area contributed by atoms with E-state index < -0.39 is 4.92 Å². The zero-order valence-electron chi connectivity index (χ0n) is 10.6. The Hall–Kier alpha value is -1.17. The molecule has 5 nitrogen and oxygen atoms in total. The van der Waals surface area contributed by atoms with Crippen LogP contribution in [0.3, 0.4) is 0 Å². The molecule has 0 bridgehead atoms. The molecule has 1 N–H and O–H groups in total. The predicted molar refractivity (Wildman–Crippen MR) is 73.4 cm³/mol. The molecule has 104 valence electrons. The van der Waals surface area contributed by atoms with Crippen LogP contribution in [0.4, 0.5) is 5.69 Å². The van der Waals surface area contributed by atoms with Crippen molar-refractivity contribution in [3.05, 3.63) is 38.9 Å². The van der Waals surface area contributed by atoms with E-state index in [2.05, 4.69) is 5.32 Å². The lowest BCUT2D eigenvalue weighted by Gasteiger charge is -2.22. The monoisotopic (exact) mass is 284 g/mol. The van der Waals surface area contributed by atoms with Crippen LogP contribution in [0.1, 0.15) is 18.4 Å². The number of hydrogen-bond acceptors (Lipinski definition) is 4. The second kappa shape index (κ2) is 6.84. The highest BCUT2D eigenvalue weighted by atomic mass is 35.5. The molecule has 0 spiro atoms. The Labute approximate surface area is 117 Å². The first-order valence-corrected chi connectivity index (χ1v) is 6.76. The quantitative estimate of drug-likeness (QED) is 0.667. The summed E-state index contributed by atoms with van der Waals surface area (Å²) in [4.78, 5) is 10.3. The summed E-state index contributed by atoms with van der Waals surface area (Å²) in [5, 5.41) is 14.3. The number of benzene rings is 1. The fraction of sp³-hybridized carbons (Fsp3) is 0.538. The Kier molecular flexibility index (Phi) is 5.13. The molecule has 1 heterocycles. The minimum Gasteiger partial charge on any atom is -0.381 e. The number of hydrogen-bond donors (Lipinski definition) is 1. The lowest BCUT2D eigenvalue weighted by molar-refractivity contribution is -0.384. The molecule has 1 aliphatic heterocycles. The van der Waals surface area contributed by atoms with Crippen molar-refractivity contribution in [3.8, 4) is 0 Å². The standard InChI is InChI=1S/C13H17ClN2O3/c14-12-2-1-11(7-13(12)16(17)18)9-15-8-10-3-5-19-6-4-10/h1-2,7,10,15H,3-6,8-9H2. The second-order valence-corrected chi connectivity index (χ2v) is 5.14. The van der Waals surface area contributed by atoms with E-state index in [1.54, 1.807) is 6.07 Å². The number of nitro benzene ring substituents is 1. The first-order chi connectivity index (χ1) is 9.16. The maximum Gasteiger partial charge on any atom is 0.288 e. The normalized spacial score (nSPS) is 16.5. The van der Waals surface area contributed by atoms with Gasteiger partial charge in [0.25, 0.3) is 5.69 Å². The lowest BCUT2D eigenvalue weighted by Crippen LogP contribution is -2.27. The minimum atomic E-state index is -0.454. The van der Waals surface area contributed by atoms with E-state index in [4.69, 9.17) is 16.3 Å². The van der Waals surface area contributed by atoms with Gasteiger partial charge in [-0.05, 0) is 36.9 Å². The van der Waals surface area contributed by atoms with Crippen molar-refractivity contribution in [1.29, 1.82) is 0 Å². The number of rotatable bonds is 5. The van der Waals surface area contributed by atoms with E-state index in [1.165, 1.54) is 6.07 Å². The van der Waals surface area contributed by atoms with E-state index in [-0.39, 0.29) is 10.7 Å². The Morgan fingerprint density at radius 3 is 2.84 bits per heavy atom. The van der Waals surface area contributed by atoms with Gasteiger partial charge in [0, 0.05) is 25.8 Å². The molecule has 0 aromatic heterocycles. The van der Waals surface area contributed by atoms with Gasteiger partial charge in [-0.2, -0.15) is 0 Å². The van der Waals surface area contributed by atoms with Crippen LogP contribution < -0.4 is 5.32 Å². The van der Waals surface area contributed by atoms with Gasteiger partial charge in [-0.3, -0.25) is 10.1 Å². The summed E-state index contributed by atoms with van der Waals surface area (Å²) in [6, 6.07) is 4.91. The summed E-state index contributed by atoms with van der Waals surface area (Å²) < 4.78 is 5.30. The van der Waals surface area contributed by atoms with Crippen molar-refractivity contribution in [2.75, 3.05) is 19.8 Å². The number of nitro groups is 1. The summed E-state index contributed by atoms with van der Waals surface area (Å²) in [5.41, 5.74) is 0.843. The molecule has 1 aliphatic rings. The molecular formula is C13H17ClN2O3. The van der Waals surface area contributed by atoms with Crippen molar-refractivity contribution >= 4 is 17.3 Å². The van der Waals surface area contributed by atoms with Crippen molar-refractivity contribution < 1.29 is 9.66 Å². The molecule has 1 aromatic carbocycles. The van der Waals surface area contributed by atoms with Crippen molar-refractivity contribution in [1.82, 2.24) is 5.32 Å². The summed E-state index contributed by atoms with van der Waals surface area (Å²) in [7, 11) is 0. The van der Waals surface area contributed by atoms with E-state index in [0.29, 0.717) is 12.5 Å². The highest BCUT2D eigenvalue weighted by molar-refractivity contribution is 6.32. The fourth-order valence-electron chi connectivity index (χ4n) is 2.18. The Balaban J connectivity index is 1.85.